The van der Waals surface area contributed by atoms with Crippen molar-refractivity contribution >= 4 is 0 Å². The summed E-state index contributed by atoms with van der Waals surface area (Å²) >= 11 is 0. The summed E-state index contributed by atoms with van der Waals surface area (Å²) < 4.78 is 1.23. The van der Waals surface area contributed by atoms with Crippen molar-refractivity contribution < 1.29 is 4.48 Å². The van der Waals surface area contributed by atoms with E-state index in [1.807, 2.05) is 0 Å². The molecule has 0 saturated carbocycles. The second-order valence-corrected chi connectivity index (χ2v) is 11.4. The molecule has 0 aromatic heterocycles. The summed E-state index contributed by atoms with van der Waals surface area (Å²) in [7, 11) is 2.52. The van der Waals surface area contributed by atoms with E-state index in [-0.39, 0.29) is 0 Å². The van der Waals surface area contributed by atoms with Gasteiger partial charge in [-0.15, -0.1) is 0 Å². The average Bonchev–Trinajstić information content (AvgIpc) is 2.84. The highest BCUT2D eigenvalue weighted by Gasteiger charge is 2.21. The Morgan fingerprint density at radius 1 is 0.441 bits per heavy atom. The number of rotatable bonds is 25. The van der Waals surface area contributed by atoms with E-state index in [9.17, 15) is 0 Å². The smallest absolute Gasteiger partial charge is 0.104 e. The van der Waals surface area contributed by atoms with Gasteiger partial charge in [0.2, 0.25) is 0 Å². The molecule has 1 rings (SSSR count). The van der Waals surface area contributed by atoms with Gasteiger partial charge in [-0.2, -0.15) is 0 Å². The number of hydrogen-bond acceptors (Lipinski definition) is 0. The van der Waals surface area contributed by atoms with E-state index in [1.165, 1.54) is 165 Å². The van der Waals surface area contributed by atoms with Gasteiger partial charge in [-0.3, -0.25) is 0 Å². The van der Waals surface area contributed by atoms with Crippen LogP contribution >= 0.6 is 0 Å². The van der Waals surface area contributed by atoms with E-state index in [4.69, 9.17) is 0 Å². The maximum Gasteiger partial charge on any atom is 0.104 e. The Morgan fingerprint density at radius 3 is 1.12 bits per heavy atom. The first-order valence-electron chi connectivity index (χ1n) is 15.6. The fraction of sp³-hybridized carbons (Fsp3) is 0.818. The molecule has 0 bridgehead atoms. The van der Waals surface area contributed by atoms with Crippen molar-refractivity contribution in [3.63, 3.8) is 0 Å². The van der Waals surface area contributed by atoms with Crippen LogP contribution in [0.5, 0.6) is 0 Å². The van der Waals surface area contributed by atoms with Gasteiger partial charge in [-0.05, 0) is 25.7 Å². The molecule has 0 spiro atoms. The SMILES string of the molecule is CCCCCCCCCCCCC[N+](C)(CCCCCCCCCCCC)Cc1ccccc1. The molecular weight excluding hydrogens is 410 g/mol. The number of hydrogen-bond donors (Lipinski definition) is 0. The molecule has 0 fully saturated rings. The third-order valence-corrected chi connectivity index (χ3v) is 7.76. The molecular formula is C33H62N+. The molecule has 1 aromatic rings. The summed E-state index contributed by atoms with van der Waals surface area (Å²) in [6.45, 7) is 8.52. The summed E-state index contributed by atoms with van der Waals surface area (Å²) in [5, 5.41) is 0. The molecule has 0 N–H and O–H groups in total. The molecule has 0 aliphatic rings. The van der Waals surface area contributed by atoms with Gasteiger partial charge in [0.15, 0.2) is 0 Å². The predicted molar refractivity (Wildman–Crippen MR) is 154 cm³/mol. The van der Waals surface area contributed by atoms with E-state index < -0.39 is 0 Å². The van der Waals surface area contributed by atoms with Crippen LogP contribution in [-0.4, -0.2) is 24.6 Å². The van der Waals surface area contributed by atoms with Crippen molar-refractivity contribution in [2.45, 2.75) is 155 Å². The van der Waals surface area contributed by atoms with E-state index in [2.05, 4.69) is 51.2 Å². The van der Waals surface area contributed by atoms with Crippen LogP contribution in [-0.2, 0) is 6.54 Å². The lowest BCUT2D eigenvalue weighted by Gasteiger charge is -2.35. The zero-order valence-electron chi connectivity index (χ0n) is 23.8. The van der Waals surface area contributed by atoms with Gasteiger partial charge < -0.3 is 4.48 Å². The second kappa shape index (κ2) is 22.6. The van der Waals surface area contributed by atoms with Crippen LogP contribution in [0.15, 0.2) is 30.3 Å². The first-order chi connectivity index (χ1) is 16.7. The normalized spacial score (nSPS) is 13.3. The van der Waals surface area contributed by atoms with Crippen molar-refractivity contribution in [1.29, 1.82) is 0 Å². The molecule has 34 heavy (non-hydrogen) atoms. The highest BCUT2D eigenvalue weighted by atomic mass is 15.3. The van der Waals surface area contributed by atoms with Gasteiger partial charge in [0.25, 0.3) is 0 Å². The summed E-state index contributed by atoms with van der Waals surface area (Å²) in [5.41, 5.74) is 1.51. The molecule has 0 aliphatic carbocycles. The van der Waals surface area contributed by atoms with Crippen LogP contribution < -0.4 is 0 Å². The number of quaternary nitrogens is 1. The fourth-order valence-electron chi connectivity index (χ4n) is 5.43. The molecule has 0 radical (unpaired) electrons. The topological polar surface area (TPSA) is 0 Å². The Kier molecular flexibility index (Phi) is 20.8. The highest BCUT2D eigenvalue weighted by Crippen LogP contribution is 2.18. The predicted octanol–water partition coefficient (Wildman–Crippen LogP) is 10.9. The minimum absolute atomic E-state index is 1.20. The Bertz CT molecular complexity index is 525. The Hall–Kier alpha value is -0.820. The second-order valence-electron chi connectivity index (χ2n) is 11.4. The van der Waals surface area contributed by atoms with Crippen LogP contribution in [0.3, 0.4) is 0 Å². The molecule has 198 valence electrons. The zero-order valence-corrected chi connectivity index (χ0v) is 23.8. The van der Waals surface area contributed by atoms with Crippen molar-refractivity contribution in [3.8, 4) is 0 Å². The van der Waals surface area contributed by atoms with Crippen molar-refractivity contribution in [1.82, 2.24) is 0 Å². The maximum absolute atomic E-state index is 2.52. The Labute approximate surface area is 215 Å². The standard InChI is InChI=1S/C33H62N/c1-4-6-8-10-12-14-16-18-20-22-27-31-34(3,32-33-28-24-23-25-29-33)30-26-21-19-17-15-13-11-9-7-5-2/h23-25,28-29H,4-22,26-27,30-32H2,1-3H3/q+1. The summed E-state index contributed by atoms with van der Waals surface area (Å²) in [4.78, 5) is 0. The van der Waals surface area contributed by atoms with Gasteiger partial charge >= 0.3 is 0 Å². The van der Waals surface area contributed by atoms with Gasteiger partial charge in [0, 0.05) is 5.56 Å². The van der Waals surface area contributed by atoms with Crippen molar-refractivity contribution in [2.75, 3.05) is 20.1 Å². The summed E-state index contributed by atoms with van der Waals surface area (Å²) in [6.07, 6.45) is 30.1. The van der Waals surface area contributed by atoms with Gasteiger partial charge in [0.05, 0.1) is 20.1 Å². The highest BCUT2D eigenvalue weighted by molar-refractivity contribution is 5.13. The quantitative estimate of drug-likeness (QED) is 0.0980. The van der Waals surface area contributed by atoms with Crippen LogP contribution in [0.2, 0.25) is 0 Å². The minimum Gasteiger partial charge on any atom is -0.322 e. The summed E-state index contributed by atoms with van der Waals surface area (Å²) in [6, 6.07) is 11.2. The van der Waals surface area contributed by atoms with E-state index in [0.717, 1.165) is 0 Å². The lowest BCUT2D eigenvalue weighted by Crippen LogP contribution is -2.44. The van der Waals surface area contributed by atoms with Crippen molar-refractivity contribution in [2.24, 2.45) is 0 Å². The van der Waals surface area contributed by atoms with E-state index in [0.29, 0.717) is 0 Å². The molecule has 1 nitrogen and oxygen atoms in total. The van der Waals surface area contributed by atoms with Crippen LogP contribution in [0, 0.1) is 0 Å². The molecule has 0 saturated heterocycles. The third kappa shape index (κ3) is 18.5. The Morgan fingerprint density at radius 2 is 0.765 bits per heavy atom. The largest absolute Gasteiger partial charge is 0.322 e. The third-order valence-electron chi connectivity index (χ3n) is 7.76. The number of unbranched alkanes of at least 4 members (excludes halogenated alkanes) is 19. The van der Waals surface area contributed by atoms with Crippen LogP contribution in [0.4, 0.5) is 0 Å². The van der Waals surface area contributed by atoms with Gasteiger partial charge in [-0.25, -0.2) is 0 Å². The first kappa shape index (κ1) is 31.2. The zero-order chi connectivity index (χ0) is 24.6. The number of nitrogens with zero attached hydrogens (tertiary/aromatic N) is 1. The lowest BCUT2D eigenvalue weighted by atomic mass is 10.0. The minimum atomic E-state index is 1.20. The molecule has 1 aromatic carbocycles. The van der Waals surface area contributed by atoms with Crippen molar-refractivity contribution in [3.05, 3.63) is 35.9 Å². The molecule has 1 heteroatoms. The summed E-state index contributed by atoms with van der Waals surface area (Å²) in [5.74, 6) is 0. The Balaban J connectivity index is 2.20. The average molecular weight is 473 g/mol. The van der Waals surface area contributed by atoms with Crippen LogP contribution in [0.25, 0.3) is 0 Å². The maximum atomic E-state index is 2.52. The van der Waals surface area contributed by atoms with Gasteiger partial charge in [-0.1, -0.05) is 153 Å². The van der Waals surface area contributed by atoms with Gasteiger partial charge in [0.1, 0.15) is 6.54 Å². The molecule has 0 aliphatic heterocycles. The molecule has 1 atom stereocenters. The van der Waals surface area contributed by atoms with E-state index in [1.54, 1.807) is 0 Å². The van der Waals surface area contributed by atoms with Crippen LogP contribution in [0.1, 0.15) is 154 Å². The molecule has 0 amide bonds. The number of benzene rings is 1. The fourth-order valence-corrected chi connectivity index (χ4v) is 5.43. The molecule has 0 heterocycles. The first-order valence-corrected chi connectivity index (χ1v) is 15.6. The molecule has 1 unspecified atom stereocenters. The lowest BCUT2D eigenvalue weighted by molar-refractivity contribution is -0.923. The monoisotopic (exact) mass is 472 g/mol. The van der Waals surface area contributed by atoms with E-state index >= 15 is 0 Å².